The zero-order chi connectivity index (χ0) is 10.8. The summed E-state index contributed by atoms with van der Waals surface area (Å²) < 4.78 is 39.0. The highest BCUT2D eigenvalue weighted by Gasteiger charge is 2.31. The molecule has 2 nitrogen and oxygen atoms in total. The van der Waals surface area contributed by atoms with Gasteiger partial charge in [-0.05, 0) is 18.2 Å². The molecule has 14 heavy (non-hydrogen) atoms. The van der Waals surface area contributed by atoms with Gasteiger partial charge in [0.05, 0.1) is 0 Å². The summed E-state index contributed by atoms with van der Waals surface area (Å²) in [6.07, 6.45) is -4.71. The Hall–Kier alpha value is -0.910. The number of phenolic OH excluding ortho intramolecular Hbond substituents is 1. The third-order valence-electron chi connectivity index (χ3n) is 1.43. The fourth-order valence-electron chi connectivity index (χ4n) is 0.866. The Bertz CT molecular complexity index is 325. The van der Waals surface area contributed by atoms with E-state index in [1.165, 1.54) is 0 Å². The Kier molecular flexibility index (Phi) is 3.25. The van der Waals surface area contributed by atoms with Gasteiger partial charge in [-0.15, -0.1) is 13.2 Å². The SMILES string of the molecule is Oc1ccc(OC(F)(F)F)cc1CBr. The molecule has 0 aromatic heterocycles. The minimum Gasteiger partial charge on any atom is -0.508 e. The standard InChI is InChI=1S/C8H6BrF3O2/c9-4-5-3-6(1-2-7(5)13)14-8(10,11)12/h1-3,13H,4H2. The Morgan fingerprint density at radius 1 is 1.36 bits per heavy atom. The first-order chi connectivity index (χ1) is 6.42. The molecular weight excluding hydrogens is 265 g/mol. The molecule has 0 heterocycles. The second kappa shape index (κ2) is 4.08. The minimum absolute atomic E-state index is 0.0728. The van der Waals surface area contributed by atoms with Gasteiger partial charge < -0.3 is 9.84 Å². The quantitative estimate of drug-likeness (QED) is 0.837. The van der Waals surface area contributed by atoms with E-state index in [2.05, 4.69) is 20.7 Å². The molecule has 0 aliphatic rings. The largest absolute Gasteiger partial charge is 0.573 e. The molecule has 0 amide bonds. The Morgan fingerprint density at radius 2 is 2.00 bits per heavy atom. The molecule has 0 saturated heterocycles. The normalized spacial score (nSPS) is 11.4. The van der Waals surface area contributed by atoms with E-state index < -0.39 is 6.36 Å². The van der Waals surface area contributed by atoms with Crippen LogP contribution >= 0.6 is 15.9 Å². The number of aromatic hydroxyl groups is 1. The topological polar surface area (TPSA) is 29.5 Å². The Morgan fingerprint density at radius 3 is 2.50 bits per heavy atom. The van der Waals surface area contributed by atoms with Crippen LogP contribution in [0.5, 0.6) is 11.5 Å². The number of phenols is 1. The molecule has 78 valence electrons. The zero-order valence-electron chi connectivity index (χ0n) is 6.81. The van der Waals surface area contributed by atoms with Crippen LogP contribution in [0, 0.1) is 0 Å². The molecule has 0 saturated carbocycles. The van der Waals surface area contributed by atoms with Gasteiger partial charge in [0.25, 0.3) is 0 Å². The lowest BCUT2D eigenvalue weighted by atomic mass is 10.2. The number of alkyl halides is 4. The number of rotatable bonds is 2. The number of hydrogen-bond acceptors (Lipinski definition) is 2. The monoisotopic (exact) mass is 270 g/mol. The second-order valence-electron chi connectivity index (χ2n) is 2.47. The minimum atomic E-state index is -4.71. The number of ether oxygens (including phenoxy) is 1. The third kappa shape index (κ3) is 3.10. The lowest BCUT2D eigenvalue weighted by Crippen LogP contribution is -2.17. The van der Waals surface area contributed by atoms with Crippen molar-refractivity contribution in [3.63, 3.8) is 0 Å². The smallest absolute Gasteiger partial charge is 0.508 e. The first-order valence-corrected chi connectivity index (χ1v) is 4.68. The van der Waals surface area contributed by atoms with E-state index in [-0.39, 0.29) is 16.8 Å². The van der Waals surface area contributed by atoms with Crippen LogP contribution in [0.1, 0.15) is 5.56 Å². The van der Waals surface area contributed by atoms with Gasteiger partial charge in [0.2, 0.25) is 0 Å². The van der Waals surface area contributed by atoms with Crippen molar-refractivity contribution in [1.82, 2.24) is 0 Å². The summed E-state index contributed by atoms with van der Waals surface area (Å²) in [5.41, 5.74) is 0.340. The molecule has 0 unspecified atom stereocenters. The second-order valence-corrected chi connectivity index (χ2v) is 3.03. The van der Waals surface area contributed by atoms with Gasteiger partial charge in [0.1, 0.15) is 11.5 Å². The van der Waals surface area contributed by atoms with Crippen molar-refractivity contribution in [3.05, 3.63) is 23.8 Å². The van der Waals surface area contributed by atoms with E-state index in [0.29, 0.717) is 5.56 Å². The molecule has 0 atom stereocenters. The summed E-state index contributed by atoms with van der Waals surface area (Å²) in [4.78, 5) is 0. The van der Waals surface area contributed by atoms with Gasteiger partial charge in [-0.2, -0.15) is 0 Å². The lowest BCUT2D eigenvalue weighted by Gasteiger charge is -2.10. The van der Waals surface area contributed by atoms with Gasteiger partial charge in [-0.1, -0.05) is 15.9 Å². The zero-order valence-corrected chi connectivity index (χ0v) is 8.39. The predicted molar refractivity (Wildman–Crippen MR) is 47.4 cm³/mol. The van der Waals surface area contributed by atoms with Crippen LogP contribution in [-0.2, 0) is 5.33 Å². The summed E-state index contributed by atoms with van der Waals surface area (Å²) in [5, 5.41) is 9.42. The summed E-state index contributed by atoms with van der Waals surface area (Å²) in [5.74, 6) is -0.416. The van der Waals surface area contributed by atoms with E-state index in [1.807, 2.05) is 0 Å². The van der Waals surface area contributed by atoms with E-state index in [9.17, 15) is 13.2 Å². The lowest BCUT2D eigenvalue weighted by molar-refractivity contribution is -0.274. The molecule has 1 rings (SSSR count). The van der Waals surface area contributed by atoms with Crippen molar-refractivity contribution in [1.29, 1.82) is 0 Å². The summed E-state index contributed by atoms with van der Waals surface area (Å²) in [6.45, 7) is 0. The highest BCUT2D eigenvalue weighted by Crippen LogP contribution is 2.28. The summed E-state index contributed by atoms with van der Waals surface area (Å²) >= 11 is 3.03. The molecule has 0 aliphatic heterocycles. The van der Waals surface area contributed by atoms with Crippen molar-refractivity contribution in [2.24, 2.45) is 0 Å². The molecule has 6 heteroatoms. The molecule has 1 N–H and O–H groups in total. The average molecular weight is 271 g/mol. The third-order valence-corrected chi connectivity index (χ3v) is 2.03. The predicted octanol–water partition coefficient (Wildman–Crippen LogP) is 3.19. The molecule has 0 aliphatic carbocycles. The maximum Gasteiger partial charge on any atom is 0.573 e. The number of benzene rings is 1. The molecule has 0 radical (unpaired) electrons. The van der Waals surface area contributed by atoms with Crippen molar-refractivity contribution >= 4 is 15.9 Å². The van der Waals surface area contributed by atoms with Gasteiger partial charge in [-0.3, -0.25) is 0 Å². The van der Waals surface area contributed by atoms with Crippen LogP contribution in [0.25, 0.3) is 0 Å². The first kappa shape index (κ1) is 11.2. The fourth-order valence-corrected chi connectivity index (χ4v) is 1.32. The van der Waals surface area contributed by atoms with Crippen LogP contribution in [-0.4, -0.2) is 11.5 Å². The number of halogens is 4. The van der Waals surface area contributed by atoms with Gasteiger partial charge in [-0.25, -0.2) is 0 Å². The Balaban J connectivity index is 2.90. The van der Waals surface area contributed by atoms with Gasteiger partial charge in [0, 0.05) is 10.9 Å². The van der Waals surface area contributed by atoms with Crippen LogP contribution in [0.4, 0.5) is 13.2 Å². The molecule has 1 aromatic rings. The van der Waals surface area contributed by atoms with E-state index in [1.54, 1.807) is 0 Å². The van der Waals surface area contributed by atoms with Crippen LogP contribution in [0.3, 0.4) is 0 Å². The molecular formula is C8H6BrF3O2. The van der Waals surface area contributed by atoms with E-state index in [0.717, 1.165) is 18.2 Å². The van der Waals surface area contributed by atoms with Gasteiger partial charge in [0.15, 0.2) is 0 Å². The summed E-state index contributed by atoms with van der Waals surface area (Å²) in [7, 11) is 0. The maximum atomic E-state index is 11.8. The molecule has 0 spiro atoms. The summed E-state index contributed by atoms with van der Waals surface area (Å²) in [6, 6.07) is 3.32. The first-order valence-electron chi connectivity index (χ1n) is 3.56. The molecule has 0 bridgehead atoms. The highest BCUT2D eigenvalue weighted by atomic mass is 79.9. The van der Waals surface area contributed by atoms with E-state index >= 15 is 0 Å². The average Bonchev–Trinajstić information content (AvgIpc) is 2.06. The van der Waals surface area contributed by atoms with Crippen LogP contribution < -0.4 is 4.74 Å². The van der Waals surface area contributed by atoms with Crippen molar-refractivity contribution in [2.45, 2.75) is 11.7 Å². The van der Waals surface area contributed by atoms with Crippen molar-refractivity contribution in [3.8, 4) is 11.5 Å². The molecule has 1 aromatic carbocycles. The number of hydrogen-bond donors (Lipinski definition) is 1. The Labute approximate surface area is 86.4 Å². The van der Waals surface area contributed by atoms with Crippen LogP contribution in [0.2, 0.25) is 0 Å². The van der Waals surface area contributed by atoms with Crippen LogP contribution in [0.15, 0.2) is 18.2 Å². The van der Waals surface area contributed by atoms with E-state index in [4.69, 9.17) is 5.11 Å². The van der Waals surface area contributed by atoms with Gasteiger partial charge >= 0.3 is 6.36 Å². The van der Waals surface area contributed by atoms with Crippen molar-refractivity contribution in [2.75, 3.05) is 0 Å². The van der Waals surface area contributed by atoms with Crippen molar-refractivity contribution < 1.29 is 23.0 Å². The highest BCUT2D eigenvalue weighted by molar-refractivity contribution is 9.08. The fraction of sp³-hybridized carbons (Fsp3) is 0.250. The maximum absolute atomic E-state index is 11.8. The molecule has 0 fully saturated rings.